The van der Waals surface area contributed by atoms with Crippen molar-refractivity contribution in [2.75, 3.05) is 40.8 Å². The van der Waals surface area contributed by atoms with Crippen molar-refractivity contribution in [3.63, 3.8) is 0 Å². The molecular formula is C12H25N3O. The Morgan fingerprint density at radius 2 is 1.88 bits per heavy atom. The molecule has 1 aliphatic rings. The highest BCUT2D eigenvalue weighted by atomic mass is 16.2. The third-order valence-corrected chi connectivity index (χ3v) is 3.60. The van der Waals surface area contributed by atoms with E-state index in [1.165, 1.54) is 0 Å². The first-order chi connectivity index (χ1) is 7.52. The van der Waals surface area contributed by atoms with Gasteiger partial charge in [0, 0.05) is 20.1 Å². The van der Waals surface area contributed by atoms with Gasteiger partial charge in [0.25, 0.3) is 0 Å². The van der Waals surface area contributed by atoms with Crippen molar-refractivity contribution in [3.05, 3.63) is 0 Å². The van der Waals surface area contributed by atoms with Gasteiger partial charge in [0.05, 0.1) is 5.41 Å². The summed E-state index contributed by atoms with van der Waals surface area (Å²) in [7, 11) is 6.00. The minimum atomic E-state index is -0.215. The summed E-state index contributed by atoms with van der Waals surface area (Å²) >= 11 is 0. The average molecular weight is 227 g/mol. The van der Waals surface area contributed by atoms with E-state index in [0.29, 0.717) is 6.54 Å². The lowest BCUT2D eigenvalue weighted by atomic mass is 9.68. The Bertz CT molecular complexity index is 231. The van der Waals surface area contributed by atoms with Crippen LogP contribution in [0.1, 0.15) is 25.7 Å². The summed E-state index contributed by atoms with van der Waals surface area (Å²) in [6.45, 7) is 2.36. The van der Waals surface area contributed by atoms with Crippen molar-refractivity contribution in [1.82, 2.24) is 9.80 Å². The van der Waals surface area contributed by atoms with E-state index in [9.17, 15) is 4.79 Å². The van der Waals surface area contributed by atoms with E-state index in [1.54, 1.807) is 0 Å². The molecule has 4 heteroatoms. The molecule has 4 nitrogen and oxygen atoms in total. The van der Waals surface area contributed by atoms with Crippen LogP contribution in [0.4, 0.5) is 0 Å². The third kappa shape index (κ3) is 2.95. The molecule has 0 radical (unpaired) electrons. The molecule has 2 N–H and O–H groups in total. The molecule has 1 aliphatic carbocycles. The van der Waals surface area contributed by atoms with E-state index in [0.717, 1.165) is 38.8 Å². The van der Waals surface area contributed by atoms with Gasteiger partial charge in [0.2, 0.25) is 5.91 Å². The molecular weight excluding hydrogens is 202 g/mol. The number of carbonyl (C=O) groups excluding carboxylic acids is 1. The molecule has 1 saturated carbocycles. The third-order valence-electron chi connectivity index (χ3n) is 3.60. The zero-order valence-corrected chi connectivity index (χ0v) is 10.8. The van der Waals surface area contributed by atoms with E-state index in [-0.39, 0.29) is 11.3 Å². The summed E-state index contributed by atoms with van der Waals surface area (Å²) in [4.78, 5) is 16.2. The minimum absolute atomic E-state index is 0.215. The lowest BCUT2D eigenvalue weighted by Gasteiger charge is -2.41. The van der Waals surface area contributed by atoms with E-state index in [2.05, 4.69) is 19.0 Å². The fraction of sp³-hybridized carbons (Fsp3) is 0.917. The lowest BCUT2D eigenvalue weighted by molar-refractivity contribution is -0.145. The van der Waals surface area contributed by atoms with Crippen molar-refractivity contribution >= 4 is 5.91 Å². The predicted molar refractivity (Wildman–Crippen MR) is 66.1 cm³/mol. The Morgan fingerprint density at radius 1 is 1.25 bits per heavy atom. The van der Waals surface area contributed by atoms with Gasteiger partial charge in [-0.25, -0.2) is 0 Å². The first-order valence-corrected chi connectivity index (χ1v) is 6.12. The van der Waals surface area contributed by atoms with Crippen LogP contribution < -0.4 is 5.73 Å². The zero-order valence-electron chi connectivity index (χ0n) is 10.8. The average Bonchev–Trinajstić information content (AvgIpc) is 2.16. The molecule has 1 amide bonds. The SMILES string of the molecule is CN(C)CCCN(C)C(=O)C1(CN)CCC1. The predicted octanol–water partition coefficient (Wildman–Crippen LogP) is 0.526. The number of nitrogens with two attached hydrogens (primary N) is 1. The largest absolute Gasteiger partial charge is 0.345 e. The number of carbonyl (C=O) groups is 1. The van der Waals surface area contributed by atoms with Crippen LogP contribution in [0.5, 0.6) is 0 Å². The molecule has 0 atom stereocenters. The first-order valence-electron chi connectivity index (χ1n) is 6.12. The van der Waals surface area contributed by atoms with E-state index in [4.69, 9.17) is 5.73 Å². The number of hydrogen-bond donors (Lipinski definition) is 1. The molecule has 0 aromatic heterocycles. The van der Waals surface area contributed by atoms with Crippen LogP contribution in [0, 0.1) is 5.41 Å². The molecule has 0 unspecified atom stereocenters. The quantitative estimate of drug-likeness (QED) is 0.720. The van der Waals surface area contributed by atoms with Crippen molar-refractivity contribution < 1.29 is 4.79 Å². The van der Waals surface area contributed by atoms with Gasteiger partial charge in [-0.05, 0) is 39.9 Å². The highest BCUT2D eigenvalue weighted by molar-refractivity contribution is 5.83. The van der Waals surface area contributed by atoms with Gasteiger partial charge in [-0.2, -0.15) is 0 Å². The molecule has 0 aromatic carbocycles. The molecule has 94 valence electrons. The highest BCUT2D eigenvalue weighted by Gasteiger charge is 2.44. The normalized spacial score (nSPS) is 18.3. The van der Waals surface area contributed by atoms with Gasteiger partial charge in [-0.3, -0.25) is 4.79 Å². The second-order valence-electron chi connectivity index (χ2n) is 5.22. The van der Waals surface area contributed by atoms with Gasteiger partial charge in [0.1, 0.15) is 0 Å². The highest BCUT2D eigenvalue weighted by Crippen LogP contribution is 2.41. The Kier molecular flexibility index (Phi) is 4.74. The summed E-state index contributed by atoms with van der Waals surface area (Å²) < 4.78 is 0. The van der Waals surface area contributed by atoms with Crippen LogP contribution in [-0.2, 0) is 4.79 Å². The van der Waals surface area contributed by atoms with Crippen LogP contribution in [-0.4, -0.2) is 56.5 Å². The van der Waals surface area contributed by atoms with Gasteiger partial charge in [-0.15, -0.1) is 0 Å². The maximum atomic E-state index is 12.2. The number of amides is 1. The van der Waals surface area contributed by atoms with Crippen LogP contribution in [0.2, 0.25) is 0 Å². The zero-order chi connectivity index (χ0) is 12.2. The summed E-state index contributed by atoms with van der Waals surface area (Å²) in [5.41, 5.74) is 5.51. The van der Waals surface area contributed by atoms with Crippen molar-refractivity contribution in [3.8, 4) is 0 Å². The Balaban J connectivity index is 2.35. The molecule has 0 saturated heterocycles. The van der Waals surface area contributed by atoms with Crippen LogP contribution in [0.15, 0.2) is 0 Å². The summed E-state index contributed by atoms with van der Waals surface area (Å²) in [6.07, 6.45) is 4.12. The van der Waals surface area contributed by atoms with Gasteiger partial charge >= 0.3 is 0 Å². The van der Waals surface area contributed by atoms with Crippen LogP contribution >= 0.6 is 0 Å². The topological polar surface area (TPSA) is 49.6 Å². The van der Waals surface area contributed by atoms with Crippen molar-refractivity contribution in [2.45, 2.75) is 25.7 Å². The maximum absolute atomic E-state index is 12.2. The Morgan fingerprint density at radius 3 is 2.25 bits per heavy atom. The van der Waals surface area contributed by atoms with Crippen molar-refractivity contribution in [1.29, 1.82) is 0 Å². The number of nitrogens with zero attached hydrogens (tertiary/aromatic N) is 2. The molecule has 0 aromatic rings. The van der Waals surface area contributed by atoms with Crippen molar-refractivity contribution in [2.24, 2.45) is 11.1 Å². The fourth-order valence-electron chi connectivity index (χ4n) is 2.24. The van der Waals surface area contributed by atoms with Gasteiger partial charge in [-0.1, -0.05) is 6.42 Å². The standard InChI is InChI=1S/C12H25N3O/c1-14(2)8-5-9-15(3)11(16)12(10-13)6-4-7-12/h4-10,13H2,1-3H3. The second-order valence-corrected chi connectivity index (χ2v) is 5.22. The molecule has 0 bridgehead atoms. The molecule has 0 spiro atoms. The fourth-order valence-corrected chi connectivity index (χ4v) is 2.24. The molecule has 16 heavy (non-hydrogen) atoms. The first kappa shape index (κ1) is 13.5. The smallest absolute Gasteiger partial charge is 0.229 e. The van der Waals surface area contributed by atoms with E-state index in [1.807, 2.05) is 11.9 Å². The van der Waals surface area contributed by atoms with Crippen LogP contribution in [0.3, 0.4) is 0 Å². The monoisotopic (exact) mass is 227 g/mol. The lowest BCUT2D eigenvalue weighted by Crippen LogP contribution is -2.51. The Labute approximate surface area is 98.8 Å². The molecule has 1 fully saturated rings. The van der Waals surface area contributed by atoms with Crippen LogP contribution in [0.25, 0.3) is 0 Å². The second kappa shape index (κ2) is 5.64. The summed E-state index contributed by atoms with van der Waals surface area (Å²) in [6, 6.07) is 0. The number of rotatable bonds is 6. The molecule has 1 rings (SSSR count). The number of hydrogen-bond acceptors (Lipinski definition) is 3. The molecule has 0 aliphatic heterocycles. The van der Waals surface area contributed by atoms with Gasteiger partial charge in [0.15, 0.2) is 0 Å². The van der Waals surface area contributed by atoms with E-state index >= 15 is 0 Å². The minimum Gasteiger partial charge on any atom is -0.345 e. The Hall–Kier alpha value is -0.610. The van der Waals surface area contributed by atoms with E-state index < -0.39 is 0 Å². The van der Waals surface area contributed by atoms with Gasteiger partial charge < -0.3 is 15.5 Å². The molecule has 0 heterocycles. The maximum Gasteiger partial charge on any atom is 0.229 e. The summed E-state index contributed by atoms with van der Waals surface area (Å²) in [5, 5.41) is 0. The summed E-state index contributed by atoms with van der Waals surface area (Å²) in [5.74, 6) is 0.250.